The van der Waals surface area contributed by atoms with Gasteiger partial charge in [0.25, 0.3) is 0 Å². The van der Waals surface area contributed by atoms with Crippen LogP contribution in [0.5, 0.6) is 0 Å². The van der Waals surface area contributed by atoms with Crippen LogP contribution in [0.2, 0.25) is 0 Å². The minimum Gasteiger partial charge on any atom is -0.454 e. The third kappa shape index (κ3) is 18.1. The molecule has 50 heavy (non-hydrogen) atoms. The Labute approximate surface area is 300 Å². The van der Waals surface area contributed by atoms with E-state index in [1.165, 1.54) is 5.57 Å². The molecule has 0 bridgehead atoms. The molecule has 0 aliphatic carbocycles. The number of aliphatic hydroxyl groups is 1. The van der Waals surface area contributed by atoms with E-state index in [1.807, 2.05) is 89.3 Å². The van der Waals surface area contributed by atoms with Crippen molar-refractivity contribution in [2.75, 3.05) is 27.4 Å². The number of ether oxygens (including phenoxy) is 3. The smallest absolute Gasteiger partial charge is 0.334 e. The molecule has 1 aliphatic heterocycles. The largest absolute Gasteiger partial charge is 0.454 e. The van der Waals surface area contributed by atoms with Crippen LogP contribution < -0.4 is 10.6 Å². The minimum atomic E-state index is -1.02. The van der Waals surface area contributed by atoms with E-state index in [4.69, 9.17) is 14.2 Å². The number of nitrogens with one attached hydrogen (secondary N) is 2. The molecular weight excluding hydrogens is 632 g/mol. The Kier molecular flexibility index (Phi) is 22.0. The van der Waals surface area contributed by atoms with Crippen LogP contribution in [-0.4, -0.2) is 75.1 Å². The van der Waals surface area contributed by atoms with Gasteiger partial charge in [-0.25, -0.2) is 4.79 Å². The predicted octanol–water partition coefficient (Wildman–Crippen LogP) is 6.56. The van der Waals surface area contributed by atoms with Crippen LogP contribution in [0.25, 0.3) is 0 Å². The fourth-order valence-corrected chi connectivity index (χ4v) is 5.05. The topological polar surface area (TPSA) is 123 Å². The number of allylic oxidation sites excluding steroid dienone is 11. The SMILES string of the molecule is CO[C@@H]1/C=C(C)/C=C/[C@@H](C)/C=C(\C)C(=O)O[C@H](/C(C)=C/C=C(\C)CNC(=O)[C@H](CO)NC=O)[C@@H](C)/C=C/C=C/[C@@H](OC)CC/C=C(C)\C=C\C1. The van der Waals surface area contributed by atoms with Crippen molar-refractivity contribution in [3.63, 3.8) is 0 Å². The molecule has 0 saturated carbocycles. The summed E-state index contributed by atoms with van der Waals surface area (Å²) >= 11 is 0. The van der Waals surface area contributed by atoms with Gasteiger partial charge in [-0.3, -0.25) is 9.59 Å². The van der Waals surface area contributed by atoms with Crippen molar-refractivity contribution in [2.45, 2.75) is 92.1 Å². The fraction of sp³-hybridized carbons (Fsp3) is 0.488. The van der Waals surface area contributed by atoms with E-state index in [2.05, 4.69) is 41.9 Å². The van der Waals surface area contributed by atoms with Crippen LogP contribution in [0.3, 0.4) is 0 Å². The summed E-state index contributed by atoms with van der Waals surface area (Å²) in [5, 5.41) is 14.3. The van der Waals surface area contributed by atoms with E-state index in [-0.39, 0.29) is 30.6 Å². The zero-order valence-electron chi connectivity index (χ0n) is 31.5. The third-order valence-electron chi connectivity index (χ3n) is 8.17. The quantitative estimate of drug-likeness (QED) is 0.135. The number of aliphatic hydroxyl groups excluding tert-OH is 1. The number of rotatable bonds is 10. The minimum absolute atomic E-state index is 0.00986. The summed E-state index contributed by atoms with van der Waals surface area (Å²) < 4.78 is 17.5. The van der Waals surface area contributed by atoms with Crippen molar-refractivity contribution in [3.8, 4) is 0 Å². The van der Waals surface area contributed by atoms with E-state index in [0.29, 0.717) is 12.0 Å². The van der Waals surface area contributed by atoms with Gasteiger partial charge in [0.15, 0.2) is 0 Å². The van der Waals surface area contributed by atoms with Gasteiger partial charge in [0.05, 0.1) is 18.8 Å². The predicted molar refractivity (Wildman–Crippen MR) is 202 cm³/mol. The third-order valence-corrected chi connectivity index (χ3v) is 8.17. The summed E-state index contributed by atoms with van der Waals surface area (Å²) in [6, 6.07) is -1.02. The summed E-state index contributed by atoms with van der Waals surface area (Å²) in [4.78, 5) is 36.3. The van der Waals surface area contributed by atoms with Crippen LogP contribution in [0, 0.1) is 11.8 Å². The van der Waals surface area contributed by atoms with E-state index in [0.717, 1.165) is 36.0 Å². The number of amides is 2. The lowest BCUT2D eigenvalue weighted by Gasteiger charge is -2.23. The second-order valence-electron chi connectivity index (χ2n) is 12.8. The number of carbonyl (C=O) groups is 3. The Morgan fingerprint density at radius 2 is 1.70 bits per heavy atom. The van der Waals surface area contributed by atoms with Gasteiger partial charge in [0.2, 0.25) is 12.3 Å². The molecule has 0 aromatic carbocycles. The molecule has 1 rings (SSSR count). The Morgan fingerprint density at radius 3 is 2.36 bits per heavy atom. The Bertz CT molecular complexity index is 1360. The highest BCUT2D eigenvalue weighted by molar-refractivity contribution is 5.88. The average Bonchev–Trinajstić information content (AvgIpc) is 3.09. The number of hydrogen-bond donors (Lipinski definition) is 3. The van der Waals surface area contributed by atoms with Crippen molar-refractivity contribution in [2.24, 2.45) is 11.8 Å². The molecule has 1 heterocycles. The van der Waals surface area contributed by atoms with Gasteiger partial charge in [0, 0.05) is 32.3 Å². The first-order chi connectivity index (χ1) is 23.8. The molecule has 0 aromatic heterocycles. The van der Waals surface area contributed by atoms with E-state index in [9.17, 15) is 19.5 Å². The van der Waals surface area contributed by atoms with Gasteiger partial charge >= 0.3 is 5.97 Å². The lowest BCUT2D eigenvalue weighted by molar-refractivity contribution is -0.144. The highest BCUT2D eigenvalue weighted by Gasteiger charge is 2.22. The Balaban J connectivity index is 3.39. The van der Waals surface area contributed by atoms with Crippen LogP contribution in [0.15, 0.2) is 107 Å². The molecule has 9 nitrogen and oxygen atoms in total. The maximum absolute atomic E-state index is 13.4. The zero-order chi connectivity index (χ0) is 37.5. The maximum atomic E-state index is 13.4. The lowest BCUT2D eigenvalue weighted by atomic mass is 9.96. The first kappa shape index (κ1) is 44.0. The summed E-state index contributed by atoms with van der Waals surface area (Å²) in [6.45, 7) is 13.4. The van der Waals surface area contributed by atoms with Gasteiger partial charge in [-0.05, 0) is 65.4 Å². The van der Waals surface area contributed by atoms with E-state index in [1.54, 1.807) is 21.1 Å². The molecule has 3 N–H and O–H groups in total. The number of cyclic esters (lactones) is 1. The second-order valence-corrected chi connectivity index (χ2v) is 12.8. The van der Waals surface area contributed by atoms with Gasteiger partial charge in [-0.1, -0.05) is 110 Å². The van der Waals surface area contributed by atoms with Gasteiger partial charge in [-0.2, -0.15) is 0 Å². The summed E-state index contributed by atoms with van der Waals surface area (Å²) in [7, 11) is 3.42. The number of hydrogen-bond acceptors (Lipinski definition) is 7. The number of methoxy groups -OCH3 is 2. The molecule has 0 saturated heterocycles. The van der Waals surface area contributed by atoms with Gasteiger partial charge in [-0.15, -0.1) is 0 Å². The van der Waals surface area contributed by atoms with E-state index < -0.39 is 30.6 Å². The number of carbonyl (C=O) groups excluding carboxylic acids is 3. The maximum Gasteiger partial charge on any atom is 0.334 e. The molecule has 9 heteroatoms. The molecular formula is C41H60N2O7. The molecule has 0 fully saturated rings. The van der Waals surface area contributed by atoms with Crippen molar-refractivity contribution < 1.29 is 33.7 Å². The first-order valence-corrected chi connectivity index (χ1v) is 17.3. The van der Waals surface area contributed by atoms with Crippen molar-refractivity contribution in [1.29, 1.82) is 0 Å². The van der Waals surface area contributed by atoms with Crippen molar-refractivity contribution in [3.05, 3.63) is 107 Å². The summed E-state index contributed by atoms with van der Waals surface area (Å²) in [5.74, 6) is -1.06. The molecule has 6 atom stereocenters. The van der Waals surface area contributed by atoms with Crippen LogP contribution in [-0.2, 0) is 28.6 Å². The molecule has 0 radical (unpaired) electrons. The molecule has 2 amide bonds. The lowest BCUT2D eigenvalue weighted by Crippen LogP contribution is -2.46. The monoisotopic (exact) mass is 692 g/mol. The van der Waals surface area contributed by atoms with Gasteiger partial charge in [0.1, 0.15) is 12.1 Å². The highest BCUT2D eigenvalue weighted by atomic mass is 16.5. The van der Waals surface area contributed by atoms with Crippen LogP contribution >= 0.6 is 0 Å². The summed E-state index contributed by atoms with van der Waals surface area (Å²) in [5.41, 5.74) is 4.42. The van der Waals surface area contributed by atoms with Crippen molar-refractivity contribution >= 4 is 18.3 Å². The fourth-order valence-electron chi connectivity index (χ4n) is 5.05. The Hall–Kier alpha value is -4.05. The summed E-state index contributed by atoms with van der Waals surface area (Å²) in [6.07, 6.45) is 28.4. The van der Waals surface area contributed by atoms with Crippen LogP contribution in [0.4, 0.5) is 0 Å². The highest BCUT2D eigenvalue weighted by Crippen LogP contribution is 2.21. The molecule has 0 aromatic rings. The molecule has 1 aliphatic rings. The van der Waals surface area contributed by atoms with Crippen molar-refractivity contribution in [1.82, 2.24) is 10.6 Å². The molecule has 0 unspecified atom stereocenters. The zero-order valence-corrected chi connectivity index (χ0v) is 31.5. The second kappa shape index (κ2) is 25.0. The molecule has 0 spiro atoms. The first-order valence-electron chi connectivity index (χ1n) is 17.3. The van der Waals surface area contributed by atoms with E-state index >= 15 is 0 Å². The average molecular weight is 693 g/mol. The Morgan fingerprint density at radius 1 is 1.00 bits per heavy atom. The van der Waals surface area contributed by atoms with Crippen LogP contribution in [0.1, 0.15) is 67.7 Å². The number of esters is 1. The standard InChI is InChI=1S/C41H60N2O7/c1-29-14-12-18-36(48-8)17-11-10-16-33(5)39(34(6)23-22-32(4)26-42-40(46)38(27-44)43-28-45)50-41(47)35(7)24-30(2)20-21-31(3)25-37(49-9)19-13-15-29/h10-11,13-17,20-25,28,30,33,36-39,44H,12,18-19,26-27H2,1-9H3,(H,42,46)(H,43,45)/b15-13+,16-10+,17-11+,21-20+,29-14-,31-25+,32-22+,34-23+,35-24+/t30-,33+,36-,37+,38+,39+/m1/s1. The normalized spacial score (nSPS) is 30.3. The van der Waals surface area contributed by atoms with Gasteiger partial charge < -0.3 is 30.0 Å². The molecule has 276 valence electrons.